The zero-order valence-corrected chi connectivity index (χ0v) is 16.1. The summed E-state index contributed by atoms with van der Waals surface area (Å²) in [5.74, 6) is -1.22. The van der Waals surface area contributed by atoms with Crippen molar-refractivity contribution in [3.05, 3.63) is 0 Å². The molecule has 1 rings (SSSR count). The Balaban J connectivity index is 3.33. The van der Waals surface area contributed by atoms with E-state index in [1.165, 1.54) is 11.1 Å². The number of nitriles is 1. The van der Waals surface area contributed by atoms with E-state index in [0.717, 1.165) is 0 Å². The molecule has 1 aliphatic rings. The largest absolute Gasteiger partial charge is 0.298 e. The first kappa shape index (κ1) is 22.6. The molecule has 8 heteroatoms. The van der Waals surface area contributed by atoms with Gasteiger partial charge in [0.2, 0.25) is 0 Å². The Morgan fingerprint density at radius 3 is 1.81 bits per heavy atom. The molecule has 0 spiro atoms. The first-order valence-electron chi connectivity index (χ1n) is 9.10. The van der Waals surface area contributed by atoms with Gasteiger partial charge >= 0.3 is 0 Å². The minimum Gasteiger partial charge on any atom is -0.298 e. The van der Waals surface area contributed by atoms with Crippen LogP contribution < -0.4 is 16.4 Å². The summed E-state index contributed by atoms with van der Waals surface area (Å²) in [6.45, 7) is 8.97. The second-order valence-electron chi connectivity index (χ2n) is 8.06. The highest BCUT2D eigenvalue weighted by atomic mass is 19.2. The molecule has 1 saturated heterocycles. The Bertz CT molecular complexity index is 518. The Morgan fingerprint density at radius 1 is 1.12 bits per heavy atom. The summed E-state index contributed by atoms with van der Waals surface area (Å²) in [5.41, 5.74) is 1.37. The molecule has 0 aromatic heterocycles. The zero-order valence-electron chi connectivity index (χ0n) is 16.1. The van der Waals surface area contributed by atoms with Crippen LogP contribution in [-0.4, -0.2) is 35.7 Å². The van der Waals surface area contributed by atoms with Crippen molar-refractivity contribution in [2.45, 2.75) is 78.0 Å². The summed E-state index contributed by atoms with van der Waals surface area (Å²) in [7, 11) is 0. The fraction of sp³-hybridized carbons (Fsp3) is 0.833. The second kappa shape index (κ2) is 9.49. The van der Waals surface area contributed by atoms with Crippen molar-refractivity contribution < 1.29 is 18.6 Å². The molecule has 1 aliphatic heterocycles. The number of nitrogens with one attached hydrogen (secondary N) is 3. The Labute approximate surface area is 154 Å². The van der Waals surface area contributed by atoms with Crippen molar-refractivity contribution in [1.82, 2.24) is 16.4 Å². The fourth-order valence-corrected chi connectivity index (χ4v) is 3.80. The van der Waals surface area contributed by atoms with Gasteiger partial charge in [0.15, 0.2) is 11.6 Å². The van der Waals surface area contributed by atoms with Crippen LogP contribution in [0.3, 0.4) is 0 Å². The molecule has 6 nitrogen and oxygen atoms in total. The van der Waals surface area contributed by atoms with E-state index in [-0.39, 0.29) is 31.1 Å². The maximum Gasteiger partial charge on any atom is 0.167 e. The van der Waals surface area contributed by atoms with E-state index < -0.39 is 41.1 Å². The van der Waals surface area contributed by atoms with Gasteiger partial charge in [0.05, 0.1) is 24.2 Å². The average Bonchev–Trinajstić information content (AvgIpc) is 2.93. The number of carbonyl (C=O) groups is 2. The SMILES string of the molecule is CC(C)CC(NF)C(=O)C1(C(=O)C(CC(C)C)NF)C[C@@H](C#N)N[C@H]1C. The van der Waals surface area contributed by atoms with Gasteiger partial charge in [0, 0.05) is 6.04 Å². The van der Waals surface area contributed by atoms with Gasteiger partial charge in [0.25, 0.3) is 0 Å². The minimum absolute atomic E-state index is 0.0153. The van der Waals surface area contributed by atoms with Crippen LogP contribution >= 0.6 is 0 Å². The van der Waals surface area contributed by atoms with Crippen molar-refractivity contribution >= 4 is 11.6 Å². The number of nitrogens with zero attached hydrogens (tertiary/aromatic N) is 1. The van der Waals surface area contributed by atoms with Crippen LogP contribution in [0.25, 0.3) is 0 Å². The van der Waals surface area contributed by atoms with Crippen molar-refractivity contribution in [3.63, 3.8) is 0 Å². The molecule has 4 atom stereocenters. The summed E-state index contributed by atoms with van der Waals surface area (Å²) in [6.07, 6.45) is 0.313. The molecule has 148 valence electrons. The monoisotopic (exact) mass is 372 g/mol. The van der Waals surface area contributed by atoms with Gasteiger partial charge in [-0.1, -0.05) is 27.7 Å². The molecule has 3 N–H and O–H groups in total. The van der Waals surface area contributed by atoms with Crippen LogP contribution in [0.2, 0.25) is 0 Å². The normalized spacial score (nSPS) is 28.2. The van der Waals surface area contributed by atoms with Crippen LogP contribution in [0.5, 0.6) is 0 Å². The molecule has 0 bridgehead atoms. The Morgan fingerprint density at radius 2 is 1.54 bits per heavy atom. The van der Waals surface area contributed by atoms with Gasteiger partial charge in [-0.15, -0.1) is 20.0 Å². The van der Waals surface area contributed by atoms with Crippen LogP contribution in [0.15, 0.2) is 0 Å². The van der Waals surface area contributed by atoms with Crippen LogP contribution in [0, 0.1) is 28.6 Å². The maximum absolute atomic E-state index is 13.4. The highest BCUT2D eigenvalue weighted by molar-refractivity contribution is 6.12. The lowest BCUT2D eigenvalue weighted by molar-refractivity contribution is -0.146. The number of hydrogen-bond donors (Lipinski definition) is 3. The van der Waals surface area contributed by atoms with Gasteiger partial charge < -0.3 is 0 Å². The molecule has 1 heterocycles. The van der Waals surface area contributed by atoms with Gasteiger partial charge in [-0.25, -0.2) is 0 Å². The van der Waals surface area contributed by atoms with Crippen LogP contribution in [-0.2, 0) is 9.59 Å². The summed E-state index contributed by atoms with van der Waals surface area (Å²) >= 11 is 0. The smallest absolute Gasteiger partial charge is 0.167 e. The lowest BCUT2D eigenvalue weighted by Crippen LogP contribution is -2.58. The molecule has 0 aromatic carbocycles. The van der Waals surface area contributed by atoms with E-state index in [4.69, 9.17) is 0 Å². The lowest BCUT2D eigenvalue weighted by atomic mass is 9.67. The van der Waals surface area contributed by atoms with Gasteiger partial charge in [0.1, 0.15) is 5.41 Å². The number of ketones is 2. The molecular weight excluding hydrogens is 342 g/mol. The first-order chi connectivity index (χ1) is 12.1. The number of halogens is 2. The van der Waals surface area contributed by atoms with Gasteiger partial charge in [-0.3, -0.25) is 14.9 Å². The third-order valence-electron chi connectivity index (χ3n) is 5.06. The van der Waals surface area contributed by atoms with Crippen LogP contribution in [0.4, 0.5) is 8.96 Å². The Kier molecular flexibility index (Phi) is 8.25. The molecular formula is C18H30F2N4O2. The lowest BCUT2D eigenvalue weighted by Gasteiger charge is -2.35. The van der Waals surface area contributed by atoms with Crippen molar-refractivity contribution in [2.75, 3.05) is 0 Å². The standard InChI is InChI=1S/C18H30F2N4O2/c1-10(2)6-14(23-19)16(25)18(8-13(9-21)22-12(18)5)17(26)15(24-20)7-11(3)4/h10-15,22-24H,6-8H2,1-5H3/t12-,13-,14?,15?,18?/m0/s1. The molecule has 0 aliphatic carbocycles. The molecule has 0 saturated carbocycles. The predicted octanol–water partition coefficient (Wildman–Crippen LogP) is 2.16. The highest BCUT2D eigenvalue weighted by Crippen LogP contribution is 2.40. The van der Waals surface area contributed by atoms with Crippen molar-refractivity contribution in [1.29, 1.82) is 5.26 Å². The quantitative estimate of drug-likeness (QED) is 0.402. The predicted molar refractivity (Wildman–Crippen MR) is 94.0 cm³/mol. The number of Topliss-reactive ketones (excluding diaryl/α,β-unsaturated/α-hetero) is 2. The summed E-state index contributed by atoms with van der Waals surface area (Å²) in [4.78, 5) is 26.5. The van der Waals surface area contributed by atoms with E-state index in [9.17, 15) is 23.8 Å². The maximum atomic E-state index is 13.4. The Hall–Kier alpha value is -1.43. The molecule has 1 fully saturated rings. The van der Waals surface area contributed by atoms with E-state index in [1.54, 1.807) is 6.92 Å². The third kappa shape index (κ3) is 4.64. The van der Waals surface area contributed by atoms with E-state index in [0.29, 0.717) is 0 Å². The first-order valence-corrected chi connectivity index (χ1v) is 9.10. The summed E-state index contributed by atoms with van der Waals surface area (Å²) in [6, 6.07) is -1.77. The zero-order chi connectivity index (χ0) is 20.1. The molecule has 0 aromatic rings. The van der Waals surface area contributed by atoms with E-state index in [2.05, 4.69) is 5.32 Å². The molecule has 0 amide bonds. The van der Waals surface area contributed by atoms with E-state index >= 15 is 0 Å². The van der Waals surface area contributed by atoms with Crippen molar-refractivity contribution in [2.24, 2.45) is 17.3 Å². The second-order valence-corrected chi connectivity index (χ2v) is 8.06. The van der Waals surface area contributed by atoms with Gasteiger partial charge in [-0.05, 0) is 38.0 Å². The van der Waals surface area contributed by atoms with Gasteiger partial charge in [-0.2, -0.15) is 5.26 Å². The highest BCUT2D eigenvalue weighted by Gasteiger charge is 2.58. The topological polar surface area (TPSA) is 94.0 Å². The van der Waals surface area contributed by atoms with Crippen LogP contribution in [0.1, 0.15) is 53.9 Å². The van der Waals surface area contributed by atoms with E-state index in [1.807, 2.05) is 33.8 Å². The molecule has 26 heavy (non-hydrogen) atoms. The minimum atomic E-state index is -1.66. The third-order valence-corrected chi connectivity index (χ3v) is 5.06. The summed E-state index contributed by atoms with van der Waals surface area (Å²) < 4.78 is 26.8. The number of carbonyl (C=O) groups excluding carboxylic acids is 2. The molecule has 0 radical (unpaired) electrons. The average molecular weight is 372 g/mol. The molecule has 2 unspecified atom stereocenters. The number of rotatable bonds is 10. The summed E-state index contributed by atoms with van der Waals surface area (Å²) in [5, 5.41) is 12.2. The van der Waals surface area contributed by atoms with Crippen molar-refractivity contribution in [3.8, 4) is 6.07 Å². The number of hydrogen-bond acceptors (Lipinski definition) is 6. The fourth-order valence-electron chi connectivity index (χ4n) is 3.80.